The molecule has 4 rings (SSSR count). The largest absolute Gasteiger partial charge is 0.493 e. The first-order chi connectivity index (χ1) is 13.4. The maximum atomic E-state index is 6.00. The summed E-state index contributed by atoms with van der Waals surface area (Å²) in [4.78, 5) is 11.0. The van der Waals surface area contributed by atoms with Gasteiger partial charge >= 0.3 is 0 Å². The van der Waals surface area contributed by atoms with Gasteiger partial charge in [-0.15, -0.1) is 0 Å². The third-order valence-electron chi connectivity index (χ3n) is 4.44. The molecule has 0 saturated carbocycles. The van der Waals surface area contributed by atoms with Crippen LogP contribution in [-0.4, -0.2) is 59.5 Å². The van der Waals surface area contributed by atoms with Crippen molar-refractivity contribution in [1.82, 2.24) is 20.0 Å². The molecule has 0 amide bonds. The van der Waals surface area contributed by atoms with Crippen LogP contribution in [0.4, 0.5) is 0 Å². The van der Waals surface area contributed by atoms with Crippen LogP contribution in [-0.2, 0) is 4.74 Å². The second-order valence-corrected chi connectivity index (χ2v) is 6.32. The number of ether oxygens (including phenoxy) is 2. The highest BCUT2D eigenvalue weighted by Gasteiger charge is 2.15. The van der Waals surface area contributed by atoms with Gasteiger partial charge in [0.05, 0.1) is 25.4 Å². The lowest BCUT2D eigenvalue weighted by molar-refractivity contribution is 0.0358. The third kappa shape index (κ3) is 4.50. The molecule has 7 heteroatoms. The zero-order valence-electron chi connectivity index (χ0n) is 15.1. The van der Waals surface area contributed by atoms with Gasteiger partial charge in [0, 0.05) is 37.6 Å². The summed E-state index contributed by atoms with van der Waals surface area (Å²) in [5.74, 6) is 1.71. The molecule has 1 saturated heterocycles. The Bertz CT molecular complexity index is 847. The first-order valence-corrected chi connectivity index (χ1v) is 9.16. The molecule has 3 heterocycles. The molecule has 2 aromatic heterocycles. The van der Waals surface area contributed by atoms with Crippen LogP contribution in [0, 0.1) is 0 Å². The predicted octanol–water partition coefficient (Wildman–Crippen LogP) is 2.90. The first kappa shape index (κ1) is 17.6. The molecule has 140 valence electrons. The van der Waals surface area contributed by atoms with Gasteiger partial charge in [0.25, 0.3) is 5.89 Å². The smallest absolute Gasteiger partial charge is 0.262 e. The van der Waals surface area contributed by atoms with E-state index in [4.69, 9.17) is 14.0 Å². The van der Waals surface area contributed by atoms with Gasteiger partial charge in [0.15, 0.2) is 0 Å². The number of pyridine rings is 1. The zero-order valence-corrected chi connectivity index (χ0v) is 15.1. The molecule has 0 N–H and O–H groups in total. The molecule has 1 fully saturated rings. The Balaban J connectivity index is 1.40. The normalized spacial score (nSPS) is 15.0. The van der Waals surface area contributed by atoms with E-state index in [0.29, 0.717) is 18.3 Å². The monoisotopic (exact) mass is 366 g/mol. The summed E-state index contributed by atoms with van der Waals surface area (Å²) in [6, 6.07) is 11.5. The molecule has 0 atom stereocenters. The lowest BCUT2D eigenvalue weighted by Gasteiger charge is -2.26. The van der Waals surface area contributed by atoms with Crippen molar-refractivity contribution < 1.29 is 14.0 Å². The van der Waals surface area contributed by atoms with E-state index in [-0.39, 0.29) is 0 Å². The summed E-state index contributed by atoms with van der Waals surface area (Å²) in [6.45, 7) is 5.28. The van der Waals surface area contributed by atoms with Crippen LogP contribution in [0.5, 0.6) is 5.75 Å². The van der Waals surface area contributed by atoms with Crippen molar-refractivity contribution >= 4 is 0 Å². The lowest BCUT2D eigenvalue weighted by Crippen LogP contribution is -2.37. The van der Waals surface area contributed by atoms with Crippen LogP contribution in [0.2, 0.25) is 0 Å². The Morgan fingerprint density at radius 2 is 1.96 bits per heavy atom. The molecule has 1 aliphatic heterocycles. The molecule has 1 aliphatic rings. The van der Waals surface area contributed by atoms with Crippen molar-refractivity contribution in [2.75, 3.05) is 39.5 Å². The zero-order chi connectivity index (χ0) is 18.3. The summed E-state index contributed by atoms with van der Waals surface area (Å²) in [6.07, 6.45) is 4.38. The minimum absolute atomic E-state index is 0.442. The molecule has 1 aromatic carbocycles. The van der Waals surface area contributed by atoms with Gasteiger partial charge in [-0.3, -0.25) is 9.88 Å². The fraction of sp³-hybridized carbons (Fsp3) is 0.350. The standard InChI is InChI=1S/C20H22N4O3/c1-2-7-18(26-12-4-9-24-10-13-25-14-11-24)17(6-1)20-22-19(23-27-20)16-5-3-8-21-15-16/h1-3,5-8,15H,4,9-14H2. The number of nitrogens with zero attached hydrogens (tertiary/aromatic N) is 4. The average Bonchev–Trinajstić information content (AvgIpc) is 3.23. The summed E-state index contributed by atoms with van der Waals surface area (Å²) in [5.41, 5.74) is 1.61. The number of morpholine rings is 1. The average molecular weight is 366 g/mol. The van der Waals surface area contributed by atoms with E-state index in [0.717, 1.165) is 56.1 Å². The molecule has 27 heavy (non-hydrogen) atoms. The maximum Gasteiger partial charge on any atom is 0.262 e. The van der Waals surface area contributed by atoms with Crippen LogP contribution in [0.1, 0.15) is 6.42 Å². The van der Waals surface area contributed by atoms with E-state index in [1.165, 1.54) is 0 Å². The highest BCUT2D eigenvalue weighted by atomic mass is 16.5. The van der Waals surface area contributed by atoms with E-state index in [9.17, 15) is 0 Å². The maximum absolute atomic E-state index is 6.00. The number of para-hydroxylation sites is 1. The van der Waals surface area contributed by atoms with Gasteiger partial charge in [0.2, 0.25) is 5.82 Å². The number of rotatable bonds is 7. The van der Waals surface area contributed by atoms with E-state index in [1.807, 2.05) is 36.4 Å². The van der Waals surface area contributed by atoms with Crippen molar-refractivity contribution in [3.63, 3.8) is 0 Å². The Labute approximate surface area is 157 Å². The third-order valence-corrected chi connectivity index (χ3v) is 4.44. The van der Waals surface area contributed by atoms with E-state index in [2.05, 4.69) is 20.0 Å². The highest BCUT2D eigenvalue weighted by Crippen LogP contribution is 2.30. The number of hydrogen-bond acceptors (Lipinski definition) is 7. The Morgan fingerprint density at radius 3 is 2.81 bits per heavy atom. The van der Waals surface area contributed by atoms with E-state index in [1.54, 1.807) is 12.4 Å². The number of aromatic nitrogens is 3. The molecule has 0 radical (unpaired) electrons. The van der Waals surface area contributed by atoms with Crippen LogP contribution in [0.3, 0.4) is 0 Å². The van der Waals surface area contributed by atoms with Crippen LogP contribution >= 0.6 is 0 Å². The van der Waals surface area contributed by atoms with Crippen LogP contribution in [0.25, 0.3) is 22.8 Å². The topological polar surface area (TPSA) is 73.5 Å². The van der Waals surface area contributed by atoms with Crippen LogP contribution in [0.15, 0.2) is 53.3 Å². The van der Waals surface area contributed by atoms with Crippen LogP contribution < -0.4 is 4.74 Å². The van der Waals surface area contributed by atoms with Gasteiger partial charge < -0.3 is 14.0 Å². The minimum Gasteiger partial charge on any atom is -0.493 e. The van der Waals surface area contributed by atoms with Crippen molar-refractivity contribution in [2.24, 2.45) is 0 Å². The Kier molecular flexibility index (Phi) is 5.71. The summed E-state index contributed by atoms with van der Waals surface area (Å²) in [5, 5.41) is 4.06. The molecule has 3 aromatic rings. The molecular formula is C20H22N4O3. The Morgan fingerprint density at radius 1 is 1.07 bits per heavy atom. The number of hydrogen-bond donors (Lipinski definition) is 0. The quantitative estimate of drug-likeness (QED) is 0.595. The fourth-order valence-corrected chi connectivity index (χ4v) is 3.01. The van der Waals surface area contributed by atoms with E-state index >= 15 is 0 Å². The van der Waals surface area contributed by atoms with Gasteiger partial charge in [0.1, 0.15) is 5.75 Å². The van der Waals surface area contributed by atoms with Crippen molar-refractivity contribution in [1.29, 1.82) is 0 Å². The molecule has 0 bridgehead atoms. The van der Waals surface area contributed by atoms with E-state index < -0.39 is 0 Å². The van der Waals surface area contributed by atoms with Crippen molar-refractivity contribution in [3.8, 4) is 28.6 Å². The summed E-state index contributed by atoms with van der Waals surface area (Å²) in [7, 11) is 0. The second-order valence-electron chi connectivity index (χ2n) is 6.32. The molecule has 0 aliphatic carbocycles. The second kappa shape index (κ2) is 8.75. The minimum atomic E-state index is 0.442. The van der Waals surface area contributed by atoms with Gasteiger partial charge in [-0.2, -0.15) is 4.98 Å². The molecular weight excluding hydrogens is 344 g/mol. The molecule has 7 nitrogen and oxygen atoms in total. The SMILES string of the molecule is c1cncc(-c2noc(-c3ccccc3OCCCN3CCOCC3)n2)c1. The van der Waals surface area contributed by atoms with Crippen molar-refractivity contribution in [3.05, 3.63) is 48.8 Å². The fourth-order valence-electron chi connectivity index (χ4n) is 3.01. The molecule has 0 unspecified atom stereocenters. The molecule has 0 spiro atoms. The summed E-state index contributed by atoms with van der Waals surface area (Å²) >= 11 is 0. The Hall–Kier alpha value is -2.77. The van der Waals surface area contributed by atoms with Gasteiger partial charge in [-0.05, 0) is 30.7 Å². The van der Waals surface area contributed by atoms with Gasteiger partial charge in [-0.1, -0.05) is 17.3 Å². The predicted molar refractivity (Wildman–Crippen MR) is 100 cm³/mol. The summed E-state index contributed by atoms with van der Waals surface area (Å²) < 4.78 is 16.8. The lowest BCUT2D eigenvalue weighted by atomic mass is 10.2. The van der Waals surface area contributed by atoms with Crippen molar-refractivity contribution in [2.45, 2.75) is 6.42 Å². The highest BCUT2D eigenvalue weighted by molar-refractivity contribution is 5.64. The number of benzene rings is 1. The first-order valence-electron chi connectivity index (χ1n) is 9.16. The van der Waals surface area contributed by atoms with Gasteiger partial charge in [-0.25, -0.2) is 0 Å².